The van der Waals surface area contributed by atoms with Crippen LogP contribution in [0.5, 0.6) is 0 Å². The monoisotopic (exact) mass is 268 g/mol. The number of nitrogens with one attached hydrogen (secondary N) is 1. The minimum absolute atomic E-state index is 0.146. The van der Waals surface area contributed by atoms with E-state index in [2.05, 4.69) is 10.3 Å². The highest BCUT2D eigenvalue weighted by molar-refractivity contribution is 7.91. The van der Waals surface area contributed by atoms with Crippen molar-refractivity contribution in [3.05, 3.63) is 24.4 Å². The van der Waals surface area contributed by atoms with E-state index in [4.69, 9.17) is 0 Å². The van der Waals surface area contributed by atoms with Crippen LogP contribution >= 0.6 is 0 Å². The Labute approximate surface area is 109 Å². The fourth-order valence-electron chi connectivity index (χ4n) is 2.66. The quantitative estimate of drug-likeness (QED) is 0.904. The molecule has 1 aromatic heterocycles. The molecule has 0 aliphatic heterocycles. The van der Waals surface area contributed by atoms with Crippen molar-refractivity contribution in [2.45, 2.75) is 42.7 Å². The van der Waals surface area contributed by atoms with Gasteiger partial charge >= 0.3 is 0 Å². The molecule has 0 spiro atoms. The summed E-state index contributed by atoms with van der Waals surface area (Å²) in [5, 5.41) is 3.42. The van der Waals surface area contributed by atoms with Gasteiger partial charge in [-0.3, -0.25) is 0 Å². The van der Waals surface area contributed by atoms with Gasteiger partial charge in [-0.25, -0.2) is 13.4 Å². The largest absolute Gasteiger partial charge is 0.313 e. The highest BCUT2D eigenvalue weighted by atomic mass is 32.2. The molecule has 1 aliphatic carbocycles. The zero-order chi connectivity index (χ0) is 13.1. The van der Waals surface area contributed by atoms with Gasteiger partial charge in [0.1, 0.15) is 0 Å². The topological polar surface area (TPSA) is 59.1 Å². The van der Waals surface area contributed by atoms with Crippen molar-refractivity contribution >= 4 is 9.84 Å². The molecule has 1 heterocycles. The summed E-state index contributed by atoms with van der Waals surface area (Å²) in [6.07, 6.45) is 6.77. The molecule has 18 heavy (non-hydrogen) atoms. The molecule has 5 heteroatoms. The number of hydrogen-bond donors (Lipinski definition) is 1. The zero-order valence-electron chi connectivity index (χ0n) is 10.7. The van der Waals surface area contributed by atoms with Gasteiger partial charge in [-0.1, -0.05) is 25.3 Å². The molecule has 4 nitrogen and oxygen atoms in total. The van der Waals surface area contributed by atoms with Gasteiger partial charge in [-0.05, 0) is 32.0 Å². The molecule has 0 bridgehead atoms. The average molecular weight is 268 g/mol. The van der Waals surface area contributed by atoms with Crippen LogP contribution in [-0.2, 0) is 9.84 Å². The molecule has 1 N–H and O–H groups in total. The minimum atomic E-state index is -3.30. The highest BCUT2D eigenvalue weighted by Gasteiger charge is 2.36. The first kappa shape index (κ1) is 13.5. The van der Waals surface area contributed by atoms with E-state index in [9.17, 15) is 8.42 Å². The van der Waals surface area contributed by atoms with Gasteiger partial charge in [-0.2, -0.15) is 0 Å². The SMILES string of the molecule is CNC1(CS(=O)(=O)c2ccccn2)CCCCC1. The van der Waals surface area contributed by atoms with Crippen LogP contribution in [0.4, 0.5) is 0 Å². The van der Waals surface area contributed by atoms with Crippen LogP contribution in [-0.4, -0.2) is 31.7 Å². The number of aromatic nitrogens is 1. The smallest absolute Gasteiger partial charge is 0.197 e. The van der Waals surface area contributed by atoms with Crippen molar-refractivity contribution < 1.29 is 8.42 Å². The zero-order valence-corrected chi connectivity index (χ0v) is 11.5. The summed E-state index contributed by atoms with van der Waals surface area (Å²) in [4.78, 5) is 3.97. The summed E-state index contributed by atoms with van der Waals surface area (Å²) in [5.74, 6) is 0.146. The van der Waals surface area contributed by atoms with Crippen LogP contribution in [0, 0.1) is 0 Å². The van der Waals surface area contributed by atoms with Crippen molar-refractivity contribution in [1.29, 1.82) is 0 Å². The fourth-order valence-corrected chi connectivity index (χ4v) is 4.48. The average Bonchev–Trinajstić information content (AvgIpc) is 2.40. The van der Waals surface area contributed by atoms with E-state index in [0.29, 0.717) is 0 Å². The maximum Gasteiger partial charge on any atom is 0.197 e. The molecule has 0 radical (unpaired) electrons. The lowest BCUT2D eigenvalue weighted by Crippen LogP contribution is -2.50. The molecule has 0 aromatic carbocycles. The Hall–Kier alpha value is -0.940. The first-order valence-electron chi connectivity index (χ1n) is 6.41. The van der Waals surface area contributed by atoms with Crippen LogP contribution in [0.25, 0.3) is 0 Å². The van der Waals surface area contributed by atoms with E-state index in [-0.39, 0.29) is 16.3 Å². The van der Waals surface area contributed by atoms with E-state index in [1.807, 2.05) is 7.05 Å². The Morgan fingerprint density at radius 3 is 2.56 bits per heavy atom. The van der Waals surface area contributed by atoms with Crippen LogP contribution in [0.2, 0.25) is 0 Å². The first-order chi connectivity index (χ1) is 8.58. The normalized spacial score (nSPS) is 19.6. The number of rotatable bonds is 4. The Bertz CT molecular complexity index is 479. The second kappa shape index (κ2) is 5.36. The maximum atomic E-state index is 12.4. The number of sulfone groups is 1. The lowest BCUT2D eigenvalue weighted by atomic mass is 9.83. The molecule has 0 unspecified atom stereocenters. The highest BCUT2D eigenvalue weighted by Crippen LogP contribution is 2.30. The number of pyridine rings is 1. The van der Waals surface area contributed by atoms with Crippen molar-refractivity contribution in [3.8, 4) is 0 Å². The molecule has 0 atom stereocenters. The number of nitrogens with zero attached hydrogens (tertiary/aromatic N) is 1. The molecule has 0 saturated heterocycles. The predicted octanol–water partition coefficient (Wildman–Crippen LogP) is 1.78. The van der Waals surface area contributed by atoms with Gasteiger partial charge in [0.05, 0.1) is 5.75 Å². The number of hydrogen-bond acceptors (Lipinski definition) is 4. The third kappa shape index (κ3) is 2.90. The lowest BCUT2D eigenvalue weighted by Gasteiger charge is -2.36. The van der Waals surface area contributed by atoms with E-state index in [0.717, 1.165) is 25.7 Å². The summed E-state index contributed by atoms with van der Waals surface area (Å²) in [7, 11) is -1.44. The summed E-state index contributed by atoms with van der Waals surface area (Å²) >= 11 is 0. The first-order valence-corrected chi connectivity index (χ1v) is 8.06. The Morgan fingerprint density at radius 1 is 1.28 bits per heavy atom. The van der Waals surface area contributed by atoms with Crippen LogP contribution < -0.4 is 5.32 Å². The summed E-state index contributed by atoms with van der Waals surface area (Å²) < 4.78 is 24.7. The fraction of sp³-hybridized carbons (Fsp3) is 0.615. The lowest BCUT2D eigenvalue weighted by molar-refractivity contribution is 0.273. The molecule has 1 saturated carbocycles. The molecule has 1 aliphatic rings. The third-order valence-electron chi connectivity index (χ3n) is 3.76. The van der Waals surface area contributed by atoms with Crippen molar-refractivity contribution in [2.24, 2.45) is 0 Å². The molecule has 100 valence electrons. The molecular weight excluding hydrogens is 248 g/mol. The van der Waals surface area contributed by atoms with Gasteiger partial charge < -0.3 is 5.32 Å². The third-order valence-corrected chi connectivity index (χ3v) is 5.58. The van der Waals surface area contributed by atoms with Crippen LogP contribution in [0.3, 0.4) is 0 Å². The predicted molar refractivity (Wildman–Crippen MR) is 71.2 cm³/mol. The van der Waals surface area contributed by atoms with Gasteiger partial charge in [0.25, 0.3) is 0 Å². The summed E-state index contributed by atoms with van der Waals surface area (Å²) in [6.45, 7) is 0. The molecule has 1 fully saturated rings. The standard InChI is InChI=1S/C13H20N2O2S/c1-14-13(8-4-2-5-9-13)11-18(16,17)12-7-3-6-10-15-12/h3,6-7,10,14H,2,4-5,8-9,11H2,1H3. The molecule has 1 aromatic rings. The summed E-state index contributed by atoms with van der Waals surface area (Å²) in [5.41, 5.74) is -0.269. The van der Waals surface area contributed by atoms with Gasteiger partial charge in [0.15, 0.2) is 14.9 Å². The Kier molecular flexibility index (Phi) is 4.02. The Balaban J connectivity index is 2.21. The Morgan fingerprint density at radius 2 is 2.00 bits per heavy atom. The van der Waals surface area contributed by atoms with E-state index in [1.165, 1.54) is 12.6 Å². The van der Waals surface area contributed by atoms with Gasteiger partial charge in [0, 0.05) is 11.7 Å². The minimum Gasteiger partial charge on any atom is -0.313 e. The van der Waals surface area contributed by atoms with E-state index in [1.54, 1.807) is 18.2 Å². The molecule has 2 rings (SSSR count). The van der Waals surface area contributed by atoms with E-state index < -0.39 is 9.84 Å². The van der Waals surface area contributed by atoms with Crippen LogP contribution in [0.15, 0.2) is 29.4 Å². The van der Waals surface area contributed by atoms with Crippen molar-refractivity contribution in [2.75, 3.05) is 12.8 Å². The van der Waals surface area contributed by atoms with Crippen LogP contribution in [0.1, 0.15) is 32.1 Å². The summed E-state index contributed by atoms with van der Waals surface area (Å²) in [6, 6.07) is 5.02. The van der Waals surface area contributed by atoms with Gasteiger partial charge in [0.2, 0.25) is 0 Å². The van der Waals surface area contributed by atoms with E-state index >= 15 is 0 Å². The molecule has 0 amide bonds. The maximum absolute atomic E-state index is 12.4. The van der Waals surface area contributed by atoms with Gasteiger partial charge in [-0.15, -0.1) is 0 Å². The molecular formula is C13H20N2O2S. The van der Waals surface area contributed by atoms with Crippen molar-refractivity contribution in [1.82, 2.24) is 10.3 Å². The van der Waals surface area contributed by atoms with Crippen molar-refractivity contribution in [3.63, 3.8) is 0 Å². The second-order valence-electron chi connectivity index (χ2n) is 5.02. The second-order valence-corrected chi connectivity index (χ2v) is 6.95.